The Hall–Kier alpha value is -2.22. The van der Waals surface area contributed by atoms with Gasteiger partial charge in [0.2, 0.25) is 5.89 Å². The predicted octanol–water partition coefficient (Wildman–Crippen LogP) is 3.83. The van der Waals surface area contributed by atoms with Crippen LogP contribution in [0.1, 0.15) is 51.0 Å². The van der Waals surface area contributed by atoms with Gasteiger partial charge in [-0.25, -0.2) is 0 Å². The highest BCUT2D eigenvalue weighted by molar-refractivity contribution is 5.46. The third-order valence-corrected chi connectivity index (χ3v) is 3.57. The number of benzene rings is 1. The van der Waals surface area contributed by atoms with Crippen LogP contribution in [0, 0.1) is 0 Å². The van der Waals surface area contributed by atoms with Crippen LogP contribution in [-0.4, -0.2) is 23.9 Å². The molecule has 1 N–H and O–H groups in total. The maximum Gasteiger partial charge on any atom is 0.387 e. The summed E-state index contributed by atoms with van der Waals surface area (Å²) in [6.07, 6.45) is 0. The Morgan fingerprint density at radius 3 is 2.56 bits per heavy atom. The molecule has 1 heterocycles. The molecule has 2 aromatic rings. The number of nitrogens with one attached hydrogen (secondary N) is 1. The summed E-state index contributed by atoms with van der Waals surface area (Å²) in [4.78, 5) is 4.38. The van der Waals surface area contributed by atoms with Crippen molar-refractivity contribution in [3.63, 3.8) is 0 Å². The predicted molar refractivity (Wildman–Crippen MR) is 87.9 cm³/mol. The van der Waals surface area contributed by atoms with E-state index in [1.165, 1.54) is 7.11 Å². The van der Waals surface area contributed by atoms with Gasteiger partial charge in [0, 0.05) is 17.5 Å². The van der Waals surface area contributed by atoms with Crippen LogP contribution in [0.15, 0.2) is 22.7 Å². The van der Waals surface area contributed by atoms with Crippen LogP contribution in [0.4, 0.5) is 8.78 Å². The Morgan fingerprint density at radius 1 is 1.28 bits per heavy atom. The van der Waals surface area contributed by atoms with Crippen molar-refractivity contribution in [2.45, 2.75) is 52.3 Å². The molecule has 25 heavy (non-hydrogen) atoms. The van der Waals surface area contributed by atoms with Crippen LogP contribution in [0.25, 0.3) is 0 Å². The number of hydrogen-bond donors (Lipinski definition) is 1. The minimum Gasteiger partial charge on any atom is -0.493 e. The number of nitrogens with zero attached hydrogens (tertiary/aromatic N) is 2. The Morgan fingerprint density at radius 2 is 2.00 bits per heavy atom. The molecule has 0 aliphatic heterocycles. The first-order chi connectivity index (χ1) is 11.7. The molecule has 0 bridgehead atoms. The van der Waals surface area contributed by atoms with Crippen molar-refractivity contribution >= 4 is 0 Å². The lowest BCUT2D eigenvalue weighted by Gasteiger charge is -2.16. The summed E-state index contributed by atoms with van der Waals surface area (Å²) >= 11 is 0. The van der Waals surface area contributed by atoms with Gasteiger partial charge in [0.15, 0.2) is 17.3 Å². The molecule has 138 valence electrons. The topological polar surface area (TPSA) is 69.4 Å². The lowest BCUT2D eigenvalue weighted by molar-refractivity contribution is -0.0519. The molecule has 0 saturated carbocycles. The molecule has 0 aliphatic carbocycles. The molecular formula is C17H23F2N3O3. The van der Waals surface area contributed by atoms with Crippen LogP contribution < -0.4 is 14.8 Å². The van der Waals surface area contributed by atoms with E-state index in [0.717, 1.165) is 0 Å². The number of halogens is 2. The molecule has 0 saturated heterocycles. The Labute approximate surface area is 145 Å². The van der Waals surface area contributed by atoms with Gasteiger partial charge in [0.1, 0.15) is 0 Å². The molecule has 1 atom stereocenters. The molecule has 6 nitrogen and oxygen atoms in total. The smallest absolute Gasteiger partial charge is 0.387 e. The zero-order valence-electron chi connectivity index (χ0n) is 15.0. The lowest BCUT2D eigenvalue weighted by atomic mass is 9.96. The second-order valence-electron chi connectivity index (χ2n) is 6.64. The molecule has 1 aromatic carbocycles. The second kappa shape index (κ2) is 7.77. The van der Waals surface area contributed by atoms with E-state index in [0.29, 0.717) is 17.3 Å². The lowest BCUT2D eigenvalue weighted by Crippen LogP contribution is -2.20. The number of hydrogen-bond acceptors (Lipinski definition) is 6. The highest BCUT2D eigenvalue weighted by Gasteiger charge is 2.23. The van der Waals surface area contributed by atoms with Gasteiger partial charge in [-0.05, 0) is 13.0 Å². The minimum absolute atomic E-state index is 0.0145. The molecule has 0 fully saturated rings. The zero-order chi connectivity index (χ0) is 18.6. The molecule has 8 heteroatoms. The molecule has 1 aromatic heterocycles. The van der Waals surface area contributed by atoms with Gasteiger partial charge < -0.3 is 19.3 Å². The fraction of sp³-hybridized carbons (Fsp3) is 0.529. The highest BCUT2D eigenvalue weighted by atomic mass is 19.3. The Kier molecular flexibility index (Phi) is 5.94. The third kappa shape index (κ3) is 4.88. The number of rotatable bonds is 7. The zero-order valence-corrected chi connectivity index (χ0v) is 15.0. The number of methoxy groups -OCH3 is 1. The Balaban J connectivity index is 2.11. The third-order valence-electron chi connectivity index (χ3n) is 3.57. The molecule has 0 radical (unpaired) electrons. The van der Waals surface area contributed by atoms with Crippen LogP contribution in [0.5, 0.6) is 11.5 Å². The van der Waals surface area contributed by atoms with Gasteiger partial charge in [-0.2, -0.15) is 13.8 Å². The van der Waals surface area contributed by atoms with Crippen molar-refractivity contribution < 1.29 is 22.8 Å². The summed E-state index contributed by atoms with van der Waals surface area (Å²) in [6.45, 7) is 5.16. The molecule has 1 unspecified atom stereocenters. The number of alkyl halides is 2. The van der Waals surface area contributed by atoms with Crippen LogP contribution in [0.2, 0.25) is 0 Å². The largest absolute Gasteiger partial charge is 0.493 e. The molecule has 0 amide bonds. The number of para-hydroxylation sites is 1. The van der Waals surface area contributed by atoms with Crippen molar-refractivity contribution in [3.8, 4) is 11.5 Å². The summed E-state index contributed by atoms with van der Waals surface area (Å²) in [6, 6.07) is 4.71. The second-order valence-corrected chi connectivity index (χ2v) is 6.64. The van der Waals surface area contributed by atoms with E-state index >= 15 is 0 Å². The van der Waals surface area contributed by atoms with Gasteiger partial charge in [-0.15, -0.1) is 0 Å². The summed E-state index contributed by atoms with van der Waals surface area (Å²) in [5, 5.41) is 7.15. The molecule has 0 aliphatic rings. The molecule has 0 spiro atoms. The van der Waals surface area contributed by atoms with Gasteiger partial charge in [-0.3, -0.25) is 0 Å². The van der Waals surface area contributed by atoms with Gasteiger partial charge in [0.25, 0.3) is 0 Å². The van der Waals surface area contributed by atoms with E-state index in [1.807, 2.05) is 27.7 Å². The summed E-state index contributed by atoms with van der Waals surface area (Å²) in [5.74, 6) is 1.31. The normalized spacial score (nSPS) is 13.1. The van der Waals surface area contributed by atoms with Crippen LogP contribution >= 0.6 is 0 Å². The summed E-state index contributed by atoms with van der Waals surface area (Å²) in [7, 11) is 1.40. The maximum absolute atomic E-state index is 12.7. The van der Waals surface area contributed by atoms with E-state index in [2.05, 4.69) is 20.2 Å². The SMILES string of the molecule is COc1cccc(CNC(C)c2nc(C(C)(C)C)no2)c1OC(F)F. The van der Waals surface area contributed by atoms with E-state index in [1.54, 1.807) is 18.2 Å². The van der Waals surface area contributed by atoms with Crippen molar-refractivity contribution in [1.82, 2.24) is 15.5 Å². The van der Waals surface area contributed by atoms with E-state index in [9.17, 15) is 8.78 Å². The van der Waals surface area contributed by atoms with E-state index < -0.39 is 6.61 Å². The van der Waals surface area contributed by atoms with Crippen molar-refractivity contribution in [2.75, 3.05) is 7.11 Å². The number of ether oxygens (including phenoxy) is 2. The summed E-state index contributed by atoms with van der Waals surface area (Å²) < 4.78 is 40.3. The molecule has 2 rings (SSSR count). The average molecular weight is 355 g/mol. The first-order valence-corrected chi connectivity index (χ1v) is 7.90. The maximum atomic E-state index is 12.7. The minimum atomic E-state index is -2.93. The van der Waals surface area contributed by atoms with Crippen LogP contribution in [-0.2, 0) is 12.0 Å². The molecular weight excluding hydrogens is 332 g/mol. The summed E-state index contributed by atoms with van der Waals surface area (Å²) in [5.41, 5.74) is 0.328. The monoisotopic (exact) mass is 355 g/mol. The van der Waals surface area contributed by atoms with E-state index in [-0.39, 0.29) is 29.5 Å². The fourth-order valence-electron chi connectivity index (χ4n) is 2.15. The van der Waals surface area contributed by atoms with Gasteiger partial charge in [-0.1, -0.05) is 38.1 Å². The van der Waals surface area contributed by atoms with Crippen LogP contribution in [0.3, 0.4) is 0 Å². The van der Waals surface area contributed by atoms with E-state index in [4.69, 9.17) is 9.26 Å². The highest BCUT2D eigenvalue weighted by Crippen LogP contribution is 2.32. The van der Waals surface area contributed by atoms with Crippen molar-refractivity contribution in [3.05, 3.63) is 35.5 Å². The first-order valence-electron chi connectivity index (χ1n) is 7.90. The van der Waals surface area contributed by atoms with Crippen molar-refractivity contribution in [2.24, 2.45) is 0 Å². The van der Waals surface area contributed by atoms with Gasteiger partial charge in [0.05, 0.1) is 13.2 Å². The fourth-order valence-corrected chi connectivity index (χ4v) is 2.15. The van der Waals surface area contributed by atoms with Crippen molar-refractivity contribution in [1.29, 1.82) is 0 Å². The standard InChI is InChI=1S/C17H23F2N3O3/c1-10(14-21-15(22-25-14)17(2,3)4)20-9-11-7-6-8-12(23-5)13(11)24-16(18)19/h6-8,10,16,20H,9H2,1-5H3. The quantitative estimate of drug-likeness (QED) is 0.814. The average Bonchev–Trinajstić information content (AvgIpc) is 3.03. The van der Waals surface area contributed by atoms with Gasteiger partial charge >= 0.3 is 6.61 Å². The first kappa shape index (κ1) is 19.1. The Bertz CT molecular complexity index is 699. The number of aromatic nitrogens is 2.